The number of phenols is 1. The topological polar surface area (TPSA) is 42.2 Å². The van der Waals surface area contributed by atoms with Gasteiger partial charge in [0.25, 0.3) is 5.56 Å². The molecular weight excluding hydrogens is 333 g/mol. The minimum Gasteiger partial charge on any atom is -0.508 e. The lowest BCUT2D eigenvalue weighted by Gasteiger charge is -2.10. The van der Waals surface area contributed by atoms with E-state index in [1.165, 1.54) is 0 Å². The van der Waals surface area contributed by atoms with E-state index in [4.69, 9.17) is 23.2 Å². The van der Waals surface area contributed by atoms with Crippen molar-refractivity contribution in [2.45, 2.75) is 6.54 Å². The maximum Gasteiger partial charge on any atom is 0.269 e. The van der Waals surface area contributed by atoms with Gasteiger partial charge in [-0.1, -0.05) is 47.5 Å². The summed E-state index contributed by atoms with van der Waals surface area (Å²) in [6.07, 6.45) is 1.73. The summed E-state index contributed by atoms with van der Waals surface area (Å²) < 4.78 is 1.55. The molecule has 0 amide bonds. The molecule has 2 aromatic carbocycles. The van der Waals surface area contributed by atoms with E-state index in [1.54, 1.807) is 47.2 Å². The Bertz CT molecular complexity index is 902. The highest BCUT2D eigenvalue weighted by molar-refractivity contribution is 6.30. The van der Waals surface area contributed by atoms with E-state index in [9.17, 15) is 9.90 Å². The van der Waals surface area contributed by atoms with Gasteiger partial charge in [-0.3, -0.25) is 4.79 Å². The Morgan fingerprint density at radius 2 is 1.70 bits per heavy atom. The van der Waals surface area contributed by atoms with Crippen LogP contribution in [0.4, 0.5) is 0 Å². The molecule has 0 fully saturated rings. The molecule has 3 nitrogen and oxygen atoms in total. The van der Waals surface area contributed by atoms with Gasteiger partial charge in [0.2, 0.25) is 0 Å². The predicted octanol–water partition coefficient (Wildman–Crippen LogP) is 4.58. The van der Waals surface area contributed by atoms with Crippen LogP contribution in [0.25, 0.3) is 11.1 Å². The van der Waals surface area contributed by atoms with Gasteiger partial charge in [-0.15, -0.1) is 0 Å². The van der Waals surface area contributed by atoms with Gasteiger partial charge in [-0.25, -0.2) is 0 Å². The SMILES string of the molecule is O=c1c(Cl)cc(-c2cccc(O)c2)cn1Cc1ccc(Cl)cc1. The van der Waals surface area contributed by atoms with Crippen LogP contribution in [-0.4, -0.2) is 9.67 Å². The van der Waals surface area contributed by atoms with E-state index in [1.807, 2.05) is 18.2 Å². The lowest BCUT2D eigenvalue weighted by Crippen LogP contribution is -2.20. The van der Waals surface area contributed by atoms with Crippen molar-refractivity contribution in [3.8, 4) is 16.9 Å². The molecule has 23 heavy (non-hydrogen) atoms. The summed E-state index contributed by atoms with van der Waals surface area (Å²) in [6.45, 7) is 0.391. The fourth-order valence-corrected chi connectivity index (χ4v) is 2.70. The van der Waals surface area contributed by atoms with E-state index in [2.05, 4.69) is 0 Å². The Morgan fingerprint density at radius 3 is 2.39 bits per heavy atom. The van der Waals surface area contributed by atoms with Crippen LogP contribution in [0.5, 0.6) is 5.75 Å². The van der Waals surface area contributed by atoms with Crippen molar-refractivity contribution >= 4 is 23.2 Å². The molecule has 0 bridgehead atoms. The number of rotatable bonds is 3. The number of benzene rings is 2. The average molecular weight is 346 g/mol. The third-order valence-corrected chi connectivity index (χ3v) is 4.01. The summed E-state index contributed by atoms with van der Waals surface area (Å²) in [7, 11) is 0. The number of phenolic OH excluding ortho intramolecular Hbond substituents is 1. The van der Waals surface area contributed by atoms with Gasteiger partial charge in [0.15, 0.2) is 0 Å². The van der Waals surface area contributed by atoms with Crippen LogP contribution < -0.4 is 5.56 Å². The van der Waals surface area contributed by atoms with Crippen LogP contribution in [0.1, 0.15) is 5.56 Å². The smallest absolute Gasteiger partial charge is 0.269 e. The molecule has 0 saturated carbocycles. The maximum atomic E-state index is 12.2. The average Bonchev–Trinajstić information content (AvgIpc) is 2.53. The number of aromatic hydroxyl groups is 1. The monoisotopic (exact) mass is 345 g/mol. The van der Waals surface area contributed by atoms with Crippen LogP contribution in [0.15, 0.2) is 65.6 Å². The molecule has 0 spiro atoms. The highest BCUT2D eigenvalue weighted by Gasteiger charge is 2.08. The first-order valence-corrected chi connectivity index (χ1v) is 7.72. The quantitative estimate of drug-likeness (QED) is 0.755. The molecule has 3 aromatic rings. The fourth-order valence-electron chi connectivity index (χ4n) is 2.35. The van der Waals surface area contributed by atoms with Crippen LogP contribution in [0.2, 0.25) is 10.0 Å². The van der Waals surface area contributed by atoms with E-state index < -0.39 is 0 Å². The van der Waals surface area contributed by atoms with Crippen molar-refractivity contribution in [1.82, 2.24) is 4.57 Å². The second-order valence-electron chi connectivity index (χ2n) is 5.19. The number of hydrogen-bond acceptors (Lipinski definition) is 2. The molecule has 3 rings (SSSR count). The Labute approximate surface area is 143 Å². The summed E-state index contributed by atoms with van der Waals surface area (Å²) in [6, 6.07) is 15.7. The second kappa shape index (κ2) is 6.49. The highest BCUT2D eigenvalue weighted by atomic mass is 35.5. The number of halogens is 2. The van der Waals surface area contributed by atoms with Crippen LogP contribution in [-0.2, 0) is 6.54 Å². The maximum absolute atomic E-state index is 12.2. The summed E-state index contributed by atoms with van der Waals surface area (Å²) in [5, 5.41) is 10.4. The van der Waals surface area contributed by atoms with E-state index in [0.717, 1.165) is 16.7 Å². The van der Waals surface area contributed by atoms with Crippen molar-refractivity contribution in [2.75, 3.05) is 0 Å². The van der Waals surface area contributed by atoms with Gasteiger partial charge >= 0.3 is 0 Å². The normalized spacial score (nSPS) is 10.7. The standard InChI is InChI=1S/C18H13Cl2NO2/c19-15-6-4-12(5-7-15)10-21-11-14(9-17(20)18(21)23)13-2-1-3-16(22)8-13/h1-9,11,22H,10H2. The minimum absolute atomic E-state index is 0.139. The van der Waals surface area contributed by atoms with Gasteiger partial charge in [0.05, 0.1) is 6.54 Å². The summed E-state index contributed by atoms with van der Waals surface area (Å²) in [5.74, 6) is 0.161. The Hall–Kier alpha value is -2.23. The van der Waals surface area contributed by atoms with Crippen molar-refractivity contribution in [3.05, 3.63) is 86.8 Å². The van der Waals surface area contributed by atoms with Gasteiger partial charge in [0.1, 0.15) is 10.8 Å². The predicted molar refractivity (Wildman–Crippen MR) is 93.4 cm³/mol. The molecule has 0 radical (unpaired) electrons. The lowest BCUT2D eigenvalue weighted by molar-refractivity contribution is 0.475. The van der Waals surface area contributed by atoms with Crippen molar-refractivity contribution in [3.63, 3.8) is 0 Å². The molecule has 0 unspecified atom stereocenters. The molecule has 0 aliphatic heterocycles. The fraction of sp³-hybridized carbons (Fsp3) is 0.0556. The molecule has 0 aliphatic carbocycles. The zero-order chi connectivity index (χ0) is 16.4. The van der Waals surface area contributed by atoms with E-state index in [-0.39, 0.29) is 16.3 Å². The number of aromatic nitrogens is 1. The molecule has 0 saturated heterocycles. The molecular formula is C18H13Cl2NO2. The zero-order valence-electron chi connectivity index (χ0n) is 12.0. The summed E-state index contributed by atoms with van der Waals surface area (Å²) >= 11 is 12.0. The molecule has 1 aromatic heterocycles. The number of hydrogen-bond donors (Lipinski definition) is 1. The van der Waals surface area contributed by atoms with Crippen molar-refractivity contribution in [2.24, 2.45) is 0 Å². The molecule has 1 heterocycles. The third-order valence-electron chi connectivity index (χ3n) is 3.49. The van der Waals surface area contributed by atoms with Gasteiger partial charge in [-0.05, 0) is 47.0 Å². The van der Waals surface area contributed by atoms with Gasteiger partial charge in [0, 0.05) is 11.2 Å². The number of nitrogens with zero attached hydrogens (tertiary/aromatic N) is 1. The molecule has 1 N–H and O–H groups in total. The number of pyridine rings is 1. The molecule has 0 aliphatic rings. The molecule has 5 heteroatoms. The molecule has 0 atom stereocenters. The summed E-state index contributed by atoms with van der Waals surface area (Å²) in [5.41, 5.74) is 2.24. The zero-order valence-corrected chi connectivity index (χ0v) is 13.6. The first-order valence-electron chi connectivity index (χ1n) is 6.97. The first kappa shape index (κ1) is 15.7. The lowest BCUT2D eigenvalue weighted by atomic mass is 10.1. The second-order valence-corrected chi connectivity index (χ2v) is 6.03. The van der Waals surface area contributed by atoms with Gasteiger partial charge < -0.3 is 9.67 Å². The van der Waals surface area contributed by atoms with Crippen molar-refractivity contribution < 1.29 is 5.11 Å². The Kier molecular flexibility index (Phi) is 4.42. The Balaban J connectivity index is 2.03. The first-order chi connectivity index (χ1) is 11.0. The van der Waals surface area contributed by atoms with E-state index in [0.29, 0.717) is 11.6 Å². The minimum atomic E-state index is -0.259. The Morgan fingerprint density at radius 1 is 0.957 bits per heavy atom. The van der Waals surface area contributed by atoms with Crippen LogP contribution in [0, 0.1) is 0 Å². The highest BCUT2D eigenvalue weighted by Crippen LogP contribution is 2.24. The van der Waals surface area contributed by atoms with Crippen molar-refractivity contribution in [1.29, 1.82) is 0 Å². The van der Waals surface area contributed by atoms with Gasteiger partial charge in [-0.2, -0.15) is 0 Å². The van der Waals surface area contributed by atoms with E-state index >= 15 is 0 Å². The van der Waals surface area contributed by atoms with Crippen LogP contribution >= 0.6 is 23.2 Å². The third kappa shape index (κ3) is 3.58. The molecule has 116 valence electrons. The largest absolute Gasteiger partial charge is 0.508 e. The van der Waals surface area contributed by atoms with Crippen LogP contribution in [0.3, 0.4) is 0 Å². The summed E-state index contributed by atoms with van der Waals surface area (Å²) in [4.78, 5) is 12.2.